The summed E-state index contributed by atoms with van der Waals surface area (Å²) in [6.45, 7) is 6.21. The van der Waals surface area contributed by atoms with Crippen molar-refractivity contribution in [2.24, 2.45) is 5.41 Å². The number of nitrogens with zero attached hydrogens (tertiary/aromatic N) is 1. The third kappa shape index (κ3) is 3.86. The van der Waals surface area contributed by atoms with Crippen LogP contribution >= 0.6 is 23.2 Å². The number of benzene rings is 1. The third-order valence-corrected chi connectivity index (χ3v) is 4.87. The van der Waals surface area contributed by atoms with E-state index >= 15 is 0 Å². The van der Waals surface area contributed by atoms with Crippen LogP contribution in [0.1, 0.15) is 20.8 Å². The molecule has 21 heavy (non-hydrogen) atoms. The minimum atomic E-state index is -3.59. The van der Waals surface area contributed by atoms with E-state index in [4.69, 9.17) is 23.2 Å². The van der Waals surface area contributed by atoms with Gasteiger partial charge in [-0.25, -0.2) is 18.1 Å². The van der Waals surface area contributed by atoms with Gasteiger partial charge >= 0.3 is 0 Å². The fraction of sp³-hybridized carbons (Fsp3) is 0.357. The maximum atomic E-state index is 12.3. The van der Waals surface area contributed by atoms with Crippen LogP contribution < -0.4 is 4.72 Å². The van der Waals surface area contributed by atoms with Gasteiger partial charge in [0.15, 0.2) is 0 Å². The first-order valence-electron chi connectivity index (χ1n) is 6.34. The summed E-state index contributed by atoms with van der Waals surface area (Å²) in [5, 5.41) is 1.84. The minimum Gasteiger partial charge on any atom is -0.242 e. The predicted octanol–water partition coefficient (Wildman–Crippen LogP) is 3.87. The number of fused-ring (bicyclic) bond motifs is 1. The lowest BCUT2D eigenvalue weighted by Crippen LogP contribution is -2.32. The Morgan fingerprint density at radius 2 is 1.86 bits per heavy atom. The monoisotopic (exact) mass is 346 g/mol. The van der Waals surface area contributed by atoms with Crippen LogP contribution in [0.3, 0.4) is 0 Å². The van der Waals surface area contributed by atoms with Gasteiger partial charge in [0.1, 0.15) is 5.15 Å². The van der Waals surface area contributed by atoms with Crippen LogP contribution in [-0.2, 0) is 10.0 Å². The van der Waals surface area contributed by atoms with Crippen molar-refractivity contribution < 1.29 is 8.42 Å². The Hall–Kier alpha value is -0.880. The first kappa shape index (κ1) is 16.5. The molecule has 0 amide bonds. The lowest BCUT2D eigenvalue weighted by atomic mass is 9.98. The lowest BCUT2D eigenvalue weighted by molar-refractivity contribution is 0.407. The summed E-state index contributed by atoms with van der Waals surface area (Å²) in [6, 6.07) is 4.63. The Morgan fingerprint density at radius 1 is 1.19 bits per heavy atom. The topological polar surface area (TPSA) is 59.1 Å². The average Bonchev–Trinajstić information content (AvgIpc) is 2.40. The zero-order chi connectivity index (χ0) is 15.8. The molecule has 1 N–H and O–H groups in total. The number of nitrogens with one attached hydrogen (secondary N) is 1. The van der Waals surface area contributed by atoms with Crippen LogP contribution in [0, 0.1) is 5.41 Å². The van der Waals surface area contributed by atoms with Crippen LogP contribution in [0.25, 0.3) is 10.8 Å². The fourth-order valence-electron chi connectivity index (χ4n) is 1.72. The lowest BCUT2D eigenvalue weighted by Gasteiger charge is -2.19. The van der Waals surface area contributed by atoms with E-state index in [0.717, 1.165) is 0 Å². The third-order valence-electron chi connectivity index (χ3n) is 2.86. The zero-order valence-electron chi connectivity index (χ0n) is 11.9. The highest BCUT2D eigenvalue weighted by Gasteiger charge is 2.19. The average molecular weight is 347 g/mol. The summed E-state index contributed by atoms with van der Waals surface area (Å²) >= 11 is 12.0. The van der Waals surface area contributed by atoms with Crippen molar-refractivity contribution in [1.82, 2.24) is 9.71 Å². The second kappa shape index (κ2) is 5.72. The van der Waals surface area contributed by atoms with Gasteiger partial charge in [0.05, 0.1) is 9.92 Å². The predicted molar refractivity (Wildman–Crippen MR) is 86.4 cm³/mol. The number of halogens is 2. The van der Waals surface area contributed by atoms with E-state index in [1.54, 1.807) is 6.07 Å². The van der Waals surface area contributed by atoms with Crippen molar-refractivity contribution in [3.63, 3.8) is 0 Å². The summed E-state index contributed by atoms with van der Waals surface area (Å²) in [4.78, 5) is 4.08. The maximum Gasteiger partial charge on any atom is 0.240 e. The van der Waals surface area contributed by atoms with Crippen LogP contribution in [0.5, 0.6) is 0 Å². The largest absolute Gasteiger partial charge is 0.242 e. The molecule has 114 valence electrons. The van der Waals surface area contributed by atoms with Crippen molar-refractivity contribution in [2.45, 2.75) is 25.7 Å². The zero-order valence-corrected chi connectivity index (χ0v) is 14.3. The second-order valence-corrected chi connectivity index (χ2v) is 8.52. The number of sulfonamides is 1. The van der Waals surface area contributed by atoms with E-state index < -0.39 is 10.0 Å². The molecule has 0 aliphatic carbocycles. The van der Waals surface area contributed by atoms with Gasteiger partial charge in [-0.15, -0.1) is 0 Å². The van der Waals surface area contributed by atoms with Crippen molar-refractivity contribution in [3.8, 4) is 0 Å². The van der Waals surface area contributed by atoms with Gasteiger partial charge in [0, 0.05) is 23.5 Å². The number of pyridine rings is 1. The van der Waals surface area contributed by atoms with E-state index in [1.807, 2.05) is 20.8 Å². The van der Waals surface area contributed by atoms with Gasteiger partial charge in [-0.05, 0) is 17.5 Å². The Morgan fingerprint density at radius 3 is 2.48 bits per heavy atom. The Balaban J connectivity index is 2.45. The molecule has 0 spiro atoms. The molecular formula is C14H16Cl2N2O2S. The summed E-state index contributed by atoms with van der Waals surface area (Å²) in [5.74, 6) is 0. The van der Waals surface area contributed by atoms with E-state index in [1.165, 1.54) is 18.3 Å². The molecule has 0 bridgehead atoms. The van der Waals surface area contributed by atoms with Gasteiger partial charge in [-0.3, -0.25) is 0 Å². The van der Waals surface area contributed by atoms with Crippen molar-refractivity contribution in [2.75, 3.05) is 6.54 Å². The normalized spacial score (nSPS) is 12.8. The van der Waals surface area contributed by atoms with Crippen molar-refractivity contribution in [3.05, 3.63) is 34.6 Å². The minimum absolute atomic E-state index is 0.144. The molecule has 2 rings (SSSR count). The molecule has 7 heteroatoms. The Kier molecular flexibility index (Phi) is 4.49. The Bertz CT molecular complexity index is 783. The molecule has 1 aromatic heterocycles. The molecule has 0 fully saturated rings. The molecule has 0 aliphatic heterocycles. The molecule has 0 atom stereocenters. The molecule has 0 saturated carbocycles. The van der Waals surface area contributed by atoms with Gasteiger partial charge < -0.3 is 0 Å². The molecule has 0 saturated heterocycles. The SMILES string of the molecule is CC(C)(C)CNS(=O)(=O)c1ccc2c(Cl)cnc(Cl)c2c1. The summed E-state index contributed by atoms with van der Waals surface area (Å²) in [5.41, 5.74) is -0.146. The number of aromatic nitrogens is 1. The second-order valence-electron chi connectivity index (χ2n) is 5.99. The molecule has 1 heterocycles. The van der Waals surface area contributed by atoms with Crippen LogP contribution in [0.15, 0.2) is 29.3 Å². The van der Waals surface area contributed by atoms with Gasteiger partial charge in [-0.1, -0.05) is 50.0 Å². The molecule has 2 aromatic rings. The number of rotatable bonds is 3. The Labute approximate surface area is 134 Å². The van der Waals surface area contributed by atoms with E-state index in [2.05, 4.69) is 9.71 Å². The summed E-state index contributed by atoms with van der Waals surface area (Å²) < 4.78 is 27.2. The maximum absolute atomic E-state index is 12.3. The van der Waals surface area contributed by atoms with Crippen molar-refractivity contribution in [1.29, 1.82) is 0 Å². The van der Waals surface area contributed by atoms with Crippen molar-refractivity contribution >= 4 is 44.0 Å². The van der Waals surface area contributed by atoms with Gasteiger partial charge in [0.25, 0.3) is 0 Å². The van der Waals surface area contributed by atoms with Gasteiger partial charge in [-0.2, -0.15) is 0 Å². The van der Waals surface area contributed by atoms with E-state index in [0.29, 0.717) is 22.3 Å². The van der Waals surface area contributed by atoms with Crippen LogP contribution in [0.2, 0.25) is 10.2 Å². The first-order valence-corrected chi connectivity index (χ1v) is 8.57. The highest BCUT2D eigenvalue weighted by atomic mass is 35.5. The molecule has 0 aliphatic rings. The highest BCUT2D eigenvalue weighted by molar-refractivity contribution is 7.89. The highest BCUT2D eigenvalue weighted by Crippen LogP contribution is 2.29. The first-order chi connectivity index (χ1) is 9.60. The van der Waals surface area contributed by atoms with Crippen LogP contribution in [0.4, 0.5) is 0 Å². The quantitative estimate of drug-likeness (QED) is 0.858. The summed E-state index contributed by atoms with van der Waals surface area (Å²) in [6.07, 6.45) is 1.44. The van der Waals surface area contributed by atoms with E-state index in [-0.39, 0.29) is 15.5 Å². The standard InChI is InChI=1S/C14H16Cl2N2O2S/c1-14(2,3)8-18-21(19,20)9-4-5-10-11(6-9)13(16)17-7-12(10)15/h4-7,18H,8H2,1-3H3. The summed E-state index contributed by atoms with van der Waals surface area (Å²) in [7, 11) is -3.59. The number of hydrogen-bond donors (Lipinski definition) is 1. The van der Waals surface area contributed by atoms with E-state index in [9.17, 15) is 8.42 Å². The number of hydrogen-bond acceptors (Lipinski definition) is 3. The van der Waals surface area contributed by atoms with Gasteiger partial charge in [0.2, 0.25) is 10.0 Å². The fourth-order valence-corrected chi connectivity index (χ4v) is 3.45. The molecule has 0 radical (unpaired) electrons. The molecule has 1 aromatic carbocycles. The van der Waals surface area contributed by atoms with Crippen LogP contribution in [-0.4, -0.2) is 19.9 Å². The molecule has 0 unspecified atom stereocenters. The molecule has 4 nitrogen and oxygen atoms in total. The molecular weight excluding hydrogens is 331 g/mol. The smallest absolute Gasteiger partial charge is 0.240 e.